The van der Waals surface area contributed by atoms with Gasteiger partial charge < -0.3 is 61.0 Å². The molecule has 0 radical (unpaired) electrons. The van der Waals surface area contributed by atoms with Crippen LogP contribution in [-0.2, 0) is 18.9 Å². The van der Waals surface area contributed by atoms with Crippen LogP contribution in [0.4, 0.5) is 17.3 Å². The Morgan fingerprint density at radius 1 is 0.709 bits per heavy atom. The maximum absolute atomic E-state index is 12.2. The zero-order valence-corrected chi connectivity index (χ0v) is 52.1. The highest BCUT2D eigenvalue weighted by Crippen LogP contribution is 2.31. The molecule has 2 aliphatic heterocycles. The number of benzene rings is 2. The number of nitriles is 2. The molecule has 426 valence electrons. The predicted octanol–water partition coefficient (Wildman–Crippen LogP) is 6.70. The fourth-order valence-electron chi connectivity index (χ4n) is 7.36. The lowest BCUT2D eigenvalue weighted by molar-refractivity contribution is 0.0217. The number of primary amides is 2. The SMILES string of the molecule is C[Si](C)(C)C#Cc1cc(B(O)O)ccc1OCOCC[Si](C)(C)C.C[Si](C)(C)C#Cc1cc(Nc2nn(C3COCC[C@@H]3C#N)cc2C(N)=O)ccc1OCOCC[Si](C)(C)C.N#C[C@H]1CCOC[C@@H]1n1cc(C(N)=O)c(N)n1. The highest BCUT2D eigenvalue weighted by Gasteiger charge is 2.31. The Morgan fingerprint density at radius 3 is 1.59 bits per heavy atom. The smallest absolute Gasteiger partial charge is 0.466 e. The minimum atomic E-state index is -1.65. The summed E-state index contributed by atoms with van der Waals surface area (Å²) in [4.78, 5) is 23.3. The summed E-state index contributed by atoms with van der Waals surface area (Å²) in [6.07, 6.45) is 4.31. The van der Waals surface area contributed by atoms with E-state index >= 15 is 0 Å². The lowest BCUT2D eigenvalue weighted by Gasteiger charge is -2.26. The van der Waals surface area contributed by atoms with Crippen LogP contribution >= 0.6 is 0 Å². The van der Waals surface area contributed by atoms with Crippen LogP contribution in [0.15, 0.2) is 48.8 Å². The van der Waals surface area contributed by atoms with Crippen molar-refractivity contribution < 1.29 is 48.1 Å². The summed E-state index contributed by atoms with van der Waals surface area (Å²) in [5, 5.41) is 49.1. The highest BCUT2D eigenvalue weighted by atomic mass is 28.3. The number of carbonyl (C=O) groups is 2. The number of nitrogens with one attached hydrogen (secondary N) is 1. The second kappa shape index (κ2) is 29.8. The van der Waals surface area contributed by atoms with Crippen LogP contribution in [0.25, 0.3) is 0 Å². The number of aromatic nitrogens is 4. The molecule has 0 bridgehead atoms. The molecule has 20 nitrogen and oxygen atoms in total. The second-order valence-electron chi connectivity index (χ2n) is 23.8. The van der Waals surface area contributed by atoms with Gasteiger partial charge in [0.2, 0.25) is 0 Å². The second-order valence-corrected chi connectivity index (χ2v) is 44.5. The molecule has 2 amide bonds. The minimum Gasteiger partial charge on any atom is -0.466 e. The number of rotatable bonds is 19. The lowest BCUT2D eigenvalue weighted by Crippen LogP contribution is -2.30. The van der Waals surface area contributed by atoms with Gasteiger partial charge in [0.15, 0.2) is 25.2 Å². The van der Waals surface area contributed by atoms with Crippen molar-refractivity contribution in [1.29, 1.82) is 10.5 Å². The van der Waals surface area contributed by atoms with Crippen LogP contribution in [0.1, 0.15) is 56.8 Å². The summed E-state index contributed by atoms with van der Waals surface area (Å²) in [6.45, 7) is 30.4. The molecule has 25 heteroatoms. The molecule has 6 rings (SSSR count). The van der Waals surface area contributed by atoms with Crippen molar-refractivity contribution in [3.05, 3.63) is 71.0 Å². The van der Waals surface area contributed by atoms with Crippen molar-refractivity contribution in [3.8, 4) is 46.6 Å². The van der Waals surface area contributed by atoms with E-state index in [9.17, 15) is 24.9 Å². The molecular formula is C54H81BN10O10Si4. The Morgan fingerprint density at radius 2 is 1.16 bits per heavy atom. The van der Waals surface area contributed by atoms with E-state index in [-0.39, 0.29) is 54.5 Å². The van der Waals surface area contributed by atoms with E-state index in [0.29, 0.717) is 86.5 Å². The molecule has 1 unspecified atom stereocenters. The standard InChI is InChI=1S/C27H39N5O4Si2.C17H29BO4Si2.C10H13N5O2/c1-37(2,3)13-10-20-15-22(7-8-25(20)36-19-35-12-14-38(4,5)6)30-27-23(26(29)33)17-32(31-27)24-18-34-11-9-21(24)16-28;1-23(2,3)11-9-15-13-16(18(19)20)7-8-17(15)22-14-21-10-12-24(4,5)6;11-3-6-1-2-17-5-8(6)15-4-7(10(13)16)9(12)14-15/h7-8,15,17,21,24H,9,11-12,14,18-19H2,1-6H3,(H2,29,33)(H,30,31);7-8,13,19-20H,10,12,14H2,1-6H3;4,6,8H,1-2,5H2,(H2,12,14)(H2,13,16)/t21-,24?;;6-,8+/m1.1/s1. The summed E-state index contributed by atoms with van der Waals surface area (Å²) in [5.41, 5.74) is 25.9. The fourth-order valence-corrected chi connectivity index (χ4v) is 9.89. The number of nitrogen functional groups attached to an aromatic ring is 1. The number of amides is 2. The summed E-state index contributed by atoms with van der Waals surface area (Å²) in [6, 6.07) is 16.7. The van der Waals surface area contributed by atoms with Crippen molar-refractivity contribution in [3.63, 3.8) is 0 Å². The van der Waals surface area contributed by atoms with Crippen LogP contribution in [0.5, 0.6) is 11.5 Å². The zero-order valence-electron chi connectivity index (χ0n) is 48.1. The van der Waals surface area contributed by atoms with Gasteiger partial charge in [0.1, 0.15) is 38.8 Å². The van der Waals surface area contributed by atoms with Crippen molar-refractivity contribution in [2.45, 2.75) is 116 Å². The molecule has 2 aromatic heterocycles. The number of nitrogens with two attached hydrogens (primary N) is 3. The Kier molecular flexibility index (Phi) is 24.7. The first-order valence-electron chi connectivity index (χ1n) is 26.3. The molecule has 2 aliphatic rings. The normalized spacial score (nSPS) is 17.3. The van der Waals surface area contributed by atoms with E-state index in [2.05, 4.69) is 129 Å². The van der Waals surface area contributed by atoms with Crippen LogP contribution in [0.2, 0.25) is 90.7 Å². The molecule has 4 heterocycles. The number of anilines is 3. The Hall–Kier alpha value is -6.21. The van der Waals surface area contributed by atoms with Gasteiger partial charge in [0.05, 0.1) is 60.4 Å². The van der Waals surface area contributed by atoms with Gasteiger partial charge in [-0.25, -0.2) is 0 Å². The number of nitrogens with zero attached hydrogens (tertiary/aromatic N) is 6. The van der Waals surface area contributed by atoms with Gasteiger partial charge in [0.25, 0.3) is 11.8 Å². The summed E-state index contributed by atoms with van der Waals surface area (Å²) in [5.74, 6) is 6.36. The predicted molar refractivity (Wildman–Crippen MR) is 319 cm³/mol. The topological polar surface area (TPSA) is 303 Å². The Balaban J connectivity index is 0.000000279. The molecular weight excluding hydrogens is 1070 g/mol. The van der Waals surface area contributed by atoms with Gasteiger partial charge in [0, 0.05) is 60.7 Å². The molecule has 0 spiro atoms. The molecule has 2 saturated heterocycles. The number of ether oxygens (including phenoxy) is 6. The average Bonchev–Trinajstić information content (AvgIpc) is 4.02. The molecule has 2 fully saturated rings. The molecule has 0 saturated carbocycles. The Bertz CT molecular complexity index is 2890. The summed E-state index contributed by atoms with van der Waals surface area (Å²) >= 11 is 0. The van der Waals surface area contributed by atoms with Crippen LogP contribution < -0.4 is 37.5 Å². The largest absolute Gasteiger partial charge is 0.488 e. The lowest BCUT2D eigenvalue weighted by atomic mass is 9.79. The van der Waals surface area contributed by atoms with Crippen LogP contribution in [0, 0.1) is 57.4 Å². The zero-order chi connectivity index (χ0) is 58.7. The third kappa shape index (κ3) is 22.8. The van der Waals surface area contributed by atoms with Crippen molar-refractivity contribution in [2.24, 2.45) is 23.3 Å². The van der Waals surface area contributed by atoms with Gasteiger partial charge in [-0.2, -0.15) is 20.7 Å². The van der Waals surface area contributed by atoms with Gasteiger partial charge in [-0.3, -0.25) is 19.0 Å². The first kappa shape index (κ1) is 65.3. The van der Waals surface area contributed by atoms with Gasteiger partial charge in [-0.05, 0) is 60.7 Å². The van der Waals surface area contributed by atoms with Crippen LogP contribution in [0.3, 0.4) is 0 Å². The van der Waals surface area contributed by atoms with Crippen molar-refractivity contribution >= 4 is 74.0 Å². The van der Waals surface area contributed by atoms with E-state index in [1.165, 1.54) is 10.9 Å². The molecule has 4 aromatic rings. The Labute approximate surface area is 470 Å². The summed E-state index contributed by atoms with van der Waals surface area (Å²) < 4.78 is 36.9. The number of hydrogen-bond donors (Lipinski definition) is 6. The van der Waals surface area contributed by atoms with E-state index in [1.807, 2.05) is 18.2 Å². The third-order valence-electron chi connectivity index (χ3n) is 12.0. The quantitative estimate of drug-likeness (QED) is 0.0246. The van der Waals surface area contributed by atoms with Gasteiger partial charge >= 0.3 is 7.12 Å². The monoisotopic (exact) mass is 1150 g/mol. The first-order valence-corrected chi connectivity index (χ1v) is 40.8. The summed E-state index contributed by atoms with van der Waals surface area (Å²) in [7, 11) is -6.98. The number of carbonyl (C=O) groups excluding carboxylic acids is 2. The third-order valence-corrected chi connectivity index (χ3v) is 17.1. The molecule has 4 atom stereocenters. The van der Waals surface area contributed by atoms with Gasteiger partial charge in [-0.1, -0.05) is 96.5 Å². The minimum absolute atomic E-state index is 0.0831. The highest BCUT2D eigenvalue weighted by molar-refractivity contribution is 6.84. The van der Waals surface area contributed by atoms with Crippen molar-refractivity contribution in [1.82, 2.24) is 19.6 Å². The van der Waals surface area contributed by atoms with E-state index in [0.717, 1.165) is 17.7 Å². The number of hydrogen-bond acceptors (Lipinski definition) is 16. The molecule has 2 aromatic carbocycles. The molecule has 0 aliphatic carbocycles. The van der Waals surface area contributed by atoms with Crippen LogP contribution in [-0.4, -0.2) is 134 Å². The fraction of sp³-hybridized carbons (Fsp3) is 0.519. The van der Waals surface area contributed by atoms with Crippen molar-refractivity contribution in [2.75, 3.05) is 64.3 Å². The molecule has 79 heavy (non-hydrogen) atoms. The maximum Gasteiger partial charge on any atom is 0.488 e. The molecule has 9 N–H and O–H groups in total. The van der Waals surface area contributed by atoms with Gasteiger partial charge in [-0.15, -0.1) is 11.1 Å². The maximum atomic E-state index is 12.2. The average molecular weight is 1150 g/mol. The van der Waals surface area contributed by atoms with E-state index in [1.54, 1.807) is 29.1 Å². The first-order chi connectivity index (χ1) is 37.0. The van der Waals surface area contributed by atoms with E-state index in [4.69, 9.17) is 50.9 Å². The van der Waals surface area contributed by atoms with E-state index < -0.39 is 51.2 Å².